The molecule has 0 spiro atoms. The van der Waals surface area contributed by atoms with E-state index in [2.05, 4.69) is 41.3 Å². The molecule has 2 N–H and O–H groups in total. The van der Waals surface area contributed by atoms with Crippen molar-refractivity contribution in [3.05, 3.63) is 35.5 Å². The third-order valence-electron chi connectivity index (χ3n) is 3.22. The summed E-state index contributed by atoms with van der Waals surface area (Å²) >= 11 is 0. The molecule has 1 saturated heterocycles. The van der Waals surface area contributed by atoms with Crippen LogP contribution in [0.15, 0.2) is 29.8 Å². The molecule has 0 amide bonds. The zero-order chi connectivity index (χ0) is 13.0. The second-order valence-corrected chi connectivity index (χ2v) is 4.90. The topological polar surface area (TPSA) is 37.0 Å². The van der Waals surface area contributed by atoms with Gasteiger partial charge in [-0.2, -0.15) is 0 Å². The fourth-order valence-electron chi connectivity index (χ4n) is 2.03. The number of anilines is 1. The summed E-state index contributed by atoms with van der Waals surface area (Å²) in [5.41, 5.74) is 2.23. The second kappa shape index (κ2) is 5.24. The van der Waals surface area contributed by atoms with Gasteiger partial charge >= 0.3 is 0 Å². The molecule has 1 aliphatic heterocycles. The van der Waals surface area contributed by atoms with E-state index in [0.717, 1.165) is 24.5 Å². The number of pyridine rings is 1. The van der Waals surface area contributed by atoms with Gasteiger partial charge in [-0.3, -0.25) is 0 Å². The van der Waals surface area contributed by atoms with Crippen molar-refractivity contribution in [2.24, 2.45) is 0 Å². The molecule has 18 heavy (non-hydrogen) atoms. The lowest BCUT2D eigenvalue weighted by Gasteiger charge is -2.19. The maximum Gasteiger partial charge on any atom is 0.127 e. The van der Waals surface area contributed by atoms with E-state index in [4.69, 9.17) is 0 Å². The molecule has 0 atom stereocenters. The Labute approximate surface area is 109 Å². The van der Waals surface area contributed by atoms with Gasteiger partial charge in [0.1, 0.15) is 11.5 Å². The summed E-state index contributed by atoms with van der Waals surface area (Å²) < 4.78 is 0. The average Bonchev–Trinajstić information content (AvgIpc) is 2.69. The van der Waals surface area contributed by atoms with Crippen molar-refractivity contribution < 1.29 is 0 Å². The standard InChI is InChI=1S/C15H19N3/c1-15(2)12(10-11-17-15)6-4-7-13-8-5-9-14(16-3)18-13/h5-6,8-9,17H,10-11H2,1-3H3,(H,16,18)/b12-6+. The molecule has 1 fully saturated rings. The van der Waals surface area contributed by atoms with E-state index in [1.165, 1.54) is 5.57 Å². The van der Waals surface area contributed by atoms with Crippen LogP contribution in [0.1, 0.15) is 26.0 Å². The first-order chi connectivity index (χ1) is 8.62. The number of hydrogen-bond donors (Lipinski definition) is 2. The molecule has 0 unspecified atom stereocenters. The zero-order valence-corrected chi connectivity index (χ0v) is 11.2. The molecule has 2 heterocycles. The van der Waals surface area contributed by atoms with Crippen molar-refractivity contribution >= 4 is 5.82 Å². The Balaban J connectivity index is 2.15. The second-order valence-electron chi connectivity index (χ2n) is 4.90. The Kier molecular flexibility index (Phi) is 3.69. The molecule has 3 nitrogen and oxygen atoms in total. The number of nitrogens with zero attached hydrogens (tertiary/aromatic N) is 1. The van der Waals surface area contributed by atoms with Crippen LogP contribution in [-0.4, -0.2) is 24.1 Å². The number of hydrogen-bond acceptors (Lipinski definition) is 3. The maximum absolute atomic E-state index is 4.36. The summed E-state index contributed by atoms with van der Waals surface area (Å²) in [5, 5.41) is 6.46. The normalized spacial score (nSPS) is 19.4. The van der Waals surface area contributed by atoms with Crippen molar-refractivity contribution in [1.82, 2.24) is 10.3 Å². The highest BCUT2D eigenvalue weighted by molar-refractivity contribution is 5.41. The van der Waals surface area contributed by atoms with Crippen LogP contribution in [0.4, 0.5) is 5.82 Å². The smallest absolute Gasteiger partial charge is 0.127 e. The number of allylic oxidation sites excluding steroid dienone is 1. The molecule has 1 aromatic heterocycles. The molecule has 0 aliphatic carbocycles. The van der Waals surface area contributed by atoms with Gasteiger partial charge in [0.15, 0.2) is 0 Å². The van der Waals surface area contributed by atoms with Gasteiger partial charge in [-0.05, 0) is 56.5 Å². The van der Waals surface area contributed by atoms with Gasteiger partial charge in [0.25, 0.3) is 0 Å². The van der Waals surface area contributed by atoms with Crippen LogP contribution in [0.2, 0.25) is 0 Å². The van der Waals surface area contributed by atoms with Gasteiger partial charge in [-0.1, -0.05) is 12.0 Å². The van der Waals surface area contributed by atoms with Crippen LogP contribution < -0.4 is 10.6 Å². The summed E-state index contributed by atoms with van der Waals surface area (Å²) in [4.78, 5) is 4.36. The van der Waals surface area contributed by atoms with Gasteiger partial charge in [0, 0.05) is 12.6 Å². The molecule has 0 radical (unpaired) electrons. The van der Waals surface area contributed by atoms with Crippen molar-refractivity contribution in [3.8, 4) is 11.8 Å². The number of nitrogens with one attached hydrogen (secondary N) is 2. The summed E-state index contributed by atoms with van der Waals surface area (Å²) in [7, 11) is 1.86. The minimum atomic E-state index is 0.0783. The third-order valence-corrected chi connectivity index (χ3v) is 3.22. The Hall–Kier alpha value is -1.79. The molecular formula is C15H19N3. The summed E-state index contributed by atoms with van der Waals surface area (Å²) in [5.74, 6) is 7.03. The van der Waals surface area contributed by atoms with Crippen LogP contribution in [0.5, 0.6) is 0 Å². The summed E-state index contributed by atoms with van der Waals surface area (Å²) in [6.07, 6.45) is 3.10. The van der Waals surface area contributed by atoms with E-state index in [-0.39, 0.29) is 5.54 Å². The monoisotopic (exact) mass is 241 g/mol. The first kappa shape index (κ1) is 12.7. The molecule has 94 valence electrons. The zero-order valence-electron chi connectivity index (χ0n) is 11.2. The summed E-state index contributed by atoms with van der Waals surface area (Å²) in [6, 6.07) is 5.80. The Morgan fingerprint density at radius 2 is 2.28 bits per heavy atom. The van der Waals surface area contributed by atoms with Crippen LogP contribution in [0.3, 0.4) is 0 Å². The lowest BCUT2D eigenvalue weighted by atomic mass is 9.96. The first-order valence-corrected chi connectivity index (χ1v) is 6.23. The van der Waals surface area contributed by atoms with Crippen LogP contribution in [-0.2, 0) is 0 Å². The molecular weight excluding hydrogens is 222 g/mol. The fourth-order valence-corrected chi connectivity index (χ4v) is 2.03. The molecule has 1 aliphatic rings. The Morgan fingerprint density at radius 3 is 2.94 bits per heavy atom. The Morgan fingerprint density at radius 1 is 1.44 bits per heavy atom. The van der Waals surface area contributed by atoms with Crippen molar-refractivity contribution in [2.45, 2.75) is 25.8 Å². The minimum absolute atomic E-state index is 0.0783. The van der Waals surface area contributed by atoms with E-state index in [0.29, 0.717) is 0 Å². The first-order valence-electron chi connectivity index (χ1n) is 6.23. The van der Waals surface area contributed by atoms with Crippen molar-refractivity contribution in [3.63, 3.8) is 0 Å². The van der Waals surface area contributed by atoms with E-state index in [1.54, 1.807) is 0 Å². The minimum Gasteiger partial charge on any atom is -0.373 e. The SMILES string of the molecule is CNc1cccc(C#C/C=C2\CCNC2(C)C)n1. The Bertz CT molecular complexity index is 518. The largest absolute Gasteiger partial charge is 0.373 e. The maximum atomic E-state index is 4.36. The number of rotatable bonds is 1. The van der Waals surface area contributed by atoms with Gasteiger partial charge < -0.3 is 10.6 Å². The summed E-state index contributed by atoms with van der Waals surface area (Å²) in [6.45, 7) is 5.41. The predicted octanol–water partition coefficient (Wildman–Crippen LogP) is 2.17. The van der Waals surface area contributed by atoms with E-state index in [9.17, 15) is 0 Å². The fraction of sp³-hybridized carbons (Fsp3) is 0.400. The van der Waals surface area contributed by atoms with E-state index < -0.39 is 0 Å². The highest BCUT2D eigenvalue weighted by Crippen LogP contribution is 2.24. The van der Waals surface area contributed by atoms with Crippen molar-refractivity contribution in [1.29, 1.82) is 0 Å². The number of aromatic nitrogens is 1. The quantitative estimate of drug-likeness (QED) is 0.740. The van der Waals surface area contributed by atoms with Crippen LogP contribution in [0, 0.1) is 11.8 Å². The molecule has 0 aromatic carbocycles. The molecule has 1 aromatic rings. The molecule has 0 bridgehead atoms. The lowest BCUT2D eigenvalue weighted by Crippen LogP contribution is -2.33. The van der Waals surface area contributed by atoms with Crippen LogP contribution >= 0.6 is 0 Å². The molecule has 3 heteroatoms. The lowest BCUT2D eigenvalue weighted by molar-refractivity contribution is 0.528. The third kappa shape index (κ3) is 2.91. The van der Waals surface area contributed by atoms with E-state index in [1.807, 2.05) is 31.3 Å². The highest BCUT2D eigenvalue weighted by Gasteiger charge is 2.27. The van der Waals surface area contributed by atoms with Crippen molar-refractivity contribution in [2.75, 3.05) is 18.9 Å². The predicted molar refractivity (Wildman–Crippen MR) is 75.4 cm³/mol. The average molecular weight is 241 g/mol. The van der Waals surface area contributed by atoms with Crippen LogP contribution in [0.25, 0.3) is 0 Å². The van der Waals surface area contributed by atoms with E-state index >= 15 is 0 Å². The van der Waals surface area contributed by atoms with Gasteiger partial charge in [0.2, 0.25) is 0 Å². The van der Waals surface area contributed by atoms with Gasteiger partial charge in [-0.25, -0.2) is 4.98 Å². The van der Waals surface area contributed by atoms with Gasteiger partial charge in [0.05, 0.1) is 0 Å². The molecule has 0 saturated carbocycles. The molecule has 2 rings (SSSR count). The highest BCUT2D eigenvalue weighted by atomic mass is 15.0. The van der Waals surface area contributed by atoms with Gasteiger partial charge in [-0.15, -0.1) is 0 Å².